The maximum absolute atomic E-state index is 12.9. The number of nitrogens with zero attached hydrogens (tertiary/aromatic N) is 3. The van der Waals surface area contributed by atoms with Crippen molar-refractivity contribution in [3.05, 3.63) is 27.1 Å². The highest BCUT2D eigenvalue weighted by molar-refractivity contribution is 7.18. The summed E-state index contributed by atoms with van der Waals surface area (Å²) in [5.74, 6) is -0.852. The molecule has 7 nitrogen and oxygen atoms in total. The van der Waals surface area contributed by atoms with Crippen molar-refractivity contribution in [3.63, 3.8) is 0 Å². The third-order valence-electron chi connectivity index (χ3n) is 5.09. The predicted molar refractivity (Wildman–Crippen MR) is 104 cm³/mol. The number of thiophene rings is 1. The number of rotatable bonds is 6. The molecule has 146 valence electrons. The molecule has 27 heavy (non-hydrogen) atoms. The second-order valence-electron chi connectivity index (χ2n) is 7.08. The minimum atomic E-state index is -0.387. The number of aromatic nitrogens is 2. The summed E-state index contributed by atoms with van der Waals surface area (Å²) >= 11 is 1.62. The number of aryl methyl sites for hydroxylation is 3. The van der Waals surface area contributed by atoms with Gasteiger partial charge in [-0.1, -0.05) is 6.92 Å². The lowest BCUT2D eigenvalue weighted by Gasteiger charge is -2.20. The van der Waals surface area contributed by atoms with E-state index < -0.39 is 0 Å². The molecule has 0 aliphatic heterocycles. The van der Waals surface area contributed by atoms with Crippen LogP contribution in [0.4, 0.5) is 0 Å². The lowest BCUT2D eigenvalue weighted by molar-refractivity contribution is -0.146. The minimum Gasteiger partial charge on any atom is -0.469 e. The van der Waals surface area contributed by atoms with Crippen molar-refractivity contribution in [3.8, 4) is 0 Å². The number of methoxy groups -OCH3 is 1. The molecule has 1 aliphatic rings. The van der Waals surface area contributed by atoms with Gasteiger partial charge < -0.3 is 9.64 Å². The number of hydrogen-bond acceptors (Lipinski definition) is 6. The van der Waals surface area contributed by atoms with E-state index in [1.54, 1.807) is 25.3 Å². The van der Waals surface area contributed by atoms with Crippen molar-refractivity contribution in [1.82, 2.24) is 14.5 Å². The van der Waals surface area contributed by atoms with Crippen LogP contribution in [0, 0.1) is 5.92 Å². The first-order chi connectivity index (χ1) is 12.9. The number of hydrogen-bond donors (Lipinski definition) is 0. The molecular weight excluding hydrogens is 366 g/mol. The van der Waals surface area contributed by atoms with Gasteiger partial charge in [-0.15, -0.1) is 11.3 Å². The predicted octanol–water partition coefficient (Wildman–Crippen LogP) is 1.99. The first kappa shape index (κ1) is 19.5. The van der Waals surface area contributed by atoms with Crippen LogP contribution in [0.25, 0.3) is 10.2 Å². The first-order valence-electron chi connectivity index (χ1n) is 9.23. The van der Waals surface area contributed by atoms with Crippen LogP contribution in [0.2, 0.25) is 0 Å². The van der Waals surface area contributed by atoms with Crippen LogP contribution in [0.1, 0.15) is 36.6 Å². The molecule has 1 amide bonds. The zero-order chi connectivity index (χ0) is 19.6. The first-order valence-corrected chi connectivity index (χ1v) is 10.1. The number of ether oxygens (including phenoxy) is 1. The molecule has 8 heteroatoms. The SMILES string of the molecule is COC(=O)C(C)CN(C)C(=O)CCn1cnc2sc3c(c2c1=O)CCCC3. The topological polar surface area (TPSA) is 81.5 Å². The summed E-state index contributed by atoms with van der Waals surface area (Å²) in [4.78, 5) is 44.8. The molecule has 2 aromatic heterocycles. The summed E-state index contributed by atoms with van der Waals surface area (Å²) in [5.41, 5.74) is 1.10. The highest BCUT2D eigenvalue weighted by atomic mass is 32.1. The average Bonchev–Trinajstić information content (AvgIpc) is 3.05. The highest BCUT2D eigenvalue weighted by Gasteiger charge is 2.21. The molecule has 2 aromatic rings. The van der Waals surface area contributed by atoms with E-state index in [9.17, 15) is 14.4 Å². The Bertz CT molecular complexity index is 918. The lowest BCUT2D eigenvalue weighted by Crippen LogP contribution is -2.35. The summed E-state index contributed by atoms with van der Waals surface area (Å²) in [6, 6.07) is 0. The van der Waals surface area contributed by atoms with Gasteiger partial charge >= 0.3 is 5.97 Å². The molecule has 0 fully saturated rings. The number of esters is 1. The van der Waals surface area contributed by atoms with E-state index in [2.05, 4.69) is 9.72 Å². The Hall–Kier alpha value is -2.22. The van der Waals surface area contributed by atoms with E-state index in [-0.39, 0.29) is 42.9 Å². The smallest absolute Gasteiger partial charge is 0.310 e. The molecule has 3 rings (SSSR count). The Morgan fingerprint density at radius 3 is 2.85 bits per heavy atom. The summed E-state index contributed by atoms with van der Waals surface area (Å²) in [5, 5.41) is 0.734. The van der Waals surface area contributed by atoms with Crippen molar-refractivity contribution in [1.29, 1.82) is 0 Å². The van der Waals surface area contributed by atoms with Crippen molar-refractivity contribution in [2.45, 2.75) is 45.6 Å². The molecule has 0 radical (unpaired) electrons. The average molecular weight is 391 g/mol. The third kappa shape index (κ3) is 4.05. The molecule has 2 heterocycles. The van der Waals surface area contributed by atoms with E-state index in [1.807, 2.05) is 0 Å². The standard InChI is InChI=1S/C19H25N3O4S/c1-12(19(25)26-3)10-21(2)15(23)8-9-22-11-20-17-16(18(22)24)13-6-4-5-7-14(13)27-17/h11-12H,4-10H2,1-3H3. The molecule has 0 saturated carbocycles. The van der Waals surface area contributed by atoms with E-state index in [0.29, 0.717) is 0 Å². The van der Waals surface area contributed by atoms with E-state index in [4.69, 9.17) is 0 Å². The van der Waals surface area contributed by atoms with Gasteiger partial charge in [0.05, 0.1) is 24.7 Å². The normalized spacial score (nSPS) is 14.6. The maximum atomic E-state index is 12.9. The van der Waals surface area contributed by atoms with Crippen LogP contribution in [-0.4, -0.2) is 47.0 Å². The Labute approximate surface area is 161 Å². The molecule has 0 bridgehead atoms. The van der Waals surface area contributed by atoms with E-state index in [1.165, 1.54) is 34.2 Å². The Morgan fingerprint density at radius 2 is 2.11 bits per heavy atom. The Balaban J connectivity index is 1.70. The van der Waals surface area contributed by atoms with Crippen LogP contribution >= 0.6 is 11.3 Å². The molecule has 0 N–H and O–H groups in total. The number of carbonyl (C=O) groups is 2. The van der Waals surface area contributed by atoms with E-state index >= 15 is 0 Å². The largest absolute Gasteiger partial charge is 0.469 e. The van der Waals surface area contributed by atoms with Crippen LogP contribution in [0.3, 0.4) is 0 Å². The lowest BCUT2D eigenvalue weighted by atomic mass is 9.97. The highest BCUT2D eigenvalue weighted by Crippen LogP contribution is 2.33. The molecular formula is C19H25N3O4S. The van der Waals surface area contributed by atoms with Gasteiger partial charge in [0.25, 0.3) is 5.56 Å². The van der Waals surface area contributed by atoms with Gasteiger partial charge in [-0.25, -0.2) is 4.98 Å². The molecule has 1 atom stereocenters. The quantitative estimate of drug-likeness (QED) is 0.704. The number of fused-ring (bicyclic) bond motifs is 3. The molecule has 0 saturated heterocycles. The van der Waals surface area contributed by atoms with Crippen LogP contribution in [0.15, 0.2) is 11.1 Å². The van der Waals surface area contributed by atoms with Crippen LogP contribution < -0.4 is 5.56 Å². The fraction of sp³-hybridized carbons (Fsp3) is 0.579. The Morgan fingerprint density at radius 1 is 1.37 bits per heavy atom. The summed E-state index contributed by atoms with van der Waals surface area (Å²) in [6.07, 6.45) is 5.95. The van der Waals surface area contributed by atoms with Crippen LogP contribution in [0.5, 0.6) is 0 Å². The molecule has 0 spiro atoms. The second-order valence-corrected chi connectivity index (χ2v) is 8.17. The van der Waals surface area contributed by atoms with Gasteiger partial charge in [-0.05, 0) is 31.2 Å². The van der Waals surface area contributed by atoms with Crippen molar-refractivity contribution in [2.24, 2.45) is 5.92 Å². The second kappa shape index (κ2) is 8.21. The Kier molecular flexibility index (Phi) is 5.94. The fourth-order valence-corrected chi connectivity index (χ4v) is 4.76. The zero-order valence-corrected chi connectivity index (χ0v) is 16.8. The van der Waals surface area contributed by atoms with Gasteiger partial charge in [-0.3, -0.25) is 19.0 Å². The molecule has 1 unspecified atom stereocenters. The van der Waals surface area contributed by atoms with Crippen molar-refractivity contribution >= 4 is 33.4 Å². The van der Waals surface area contributed by atoms with Crippen LogP contribution in [-0.2, 0) is 33.7 Å². The fourth-order valence-electron chi connectivity index (χ4n) is 3.54. The molecule has 1 aliphatic carbocycles. The third-order valence-corrected chi connectivity index (χ3v) is 6.29. The zero-order valence-electron chi connectivity index (χ0n) is 16.0. The van der Waals surface area contributed by atoms with E-state index in [0.717, 1.165) is 35.0 Å². The van der Waals surface area contributed by atoms with Crippen molar-refractivity contribution < 1.29 is 14.3 Å². The van der Waals surface area contributed by atoms with Gasteiger partial charge in [-0.2, -0.15) is 0 Å². The van der Waals surface area contributed by atoms with Gasteiger partial charge in [0.2, 0.25) is 5.91 Å². The van der Waals surface area contributed by atoms with Gasteiger partial charge in [0.15, 0.2) is 0 Å². The minimum absolute atomic E-state index is 0.0576. The summed E-state index contributed by atoms with van der Waals surface area (Å²) < 4.78 is 6.21. The van der Waals surface area contributed by atoms with Gasteiger partial charge in [0.1, 0.15) is 4.83 Å². The maximum Gasteiger partial charge on any atom is 0.310 e. The number of carbonyl (C=O) groups excluding carboxylic acids is 2. The molecule has 0 aromatic carbocycles. The van der Waals surface area contributed by atoms with Gasteiger partial charge in [0, 0.05) is 31.4 Å². The van der Waals surface area contributed by atoms with Crippen molar-refractivity contribution in [2.75, 3.05) is 20.7 Å². The number of amides is 1. The summed E-state index contributed by atoms with van der Waals surface area (Å²) in [7, 11) is 2.99. The monoisotopic (exact) mass is 391 g/mol. The summed E-state index contributed by atoms with van der Waals surface area (Å²) in [6.45, 7) is 2.29.